The molecule has 1 saturated heterocycles. The Kier molecular flexibility index (Phi) is 7.43. The molecule has 37 heavy (non-hydrogen) atoms. The number of likely N-dealkylation sites (N-methyl/N-ethyl adjacent to an activating group) is 1. The highest BCUT2D eigenvalue weighted by molar-refractivity contribution is 7.19. The van der Waals surface area contributed by atoms with E-state index in [9.17, 15) is 4.79 Å². The zero-order valence-corrected chi connectivity index (χ0v) is 22.9. The molecule has 0 unspecified atom stereocenters. The Morgan fingerprint density at radius 1 is 1.03 bits per heavy atom. The van der Waals surface area contributed by atoms with Crippen LogP contribution < -0.4 is 4.90 Å². The summed E-state index contributed by atoms with van der Waals surface area (Å²) in [5, 5.41) is 1.27. The number of rotatable bonds is 7. The Labute approximate surface area is 224 Å². The molecule has 3 aliphatic rings. The van der Waals surface area contributed by atoms with Crippen LogP contribution >= 0.6 is 11.3 Å². The monoisotopic (exact) mass is 517 g/mol. The molecule has 6 nitrogen and oxygen atoms in total. The zero-order valence-electron chi connectivity index (χ0n) is 22.1. The van der Waals surface area contributed by atoms with Gasteiger partial charge in [0.1, 0.15) is 16.5 Å². The normalized spacial score (nSPS) is 19.1. The van der Waals surface area contributed by atoms with E-state index in [1.807, 2.05) is 11.3 Å². The minimum atomic E-state index is 0.344. The Bertz CT molecular complexity index is 1230. The largest absolute Gasteiger partial charge is 0.352 e. The number of piperazine rings is 1. The van der Waals surface area contributed by atoms with Gasteiger partial charge in [0.05, 0.1) is 5.39 Å². The summed E-state index contributed by atoms with van der Waals surface area (Å²) in [4.78, 5) is 32.9. The van der Waals surface area contributed by atoms with Crippen molar-refractivity contribution in [1.82, 2.24) is 19.8 Å². The van der Waals surface area contributed by atoms with Crippen LogP contribution in [0.1, 0.15) is 67.3 Å². The van der Waals surface area contributed by atoms with E-state index in [2.05, 4.69) is 52.0 Å². The number of benzene rings is 1. The van der Waals surface area contributed by atoms with Crippen LogP contribution in [0.4, 0.5) is 5.82 Å². The zero-order chi connectivity index (χ0) is 25.2. The van der Waals surface area contributed by atoms with Crippen LogP contribution in [0.25, 0.3) is 10.2 Å². The smallest absolute Gasteiger partial charge is 0.222 e. The molecule has 0 N–H and O–H groups in total. The Hall–Kier alpha value is -2.51. The van der Waals surface area contributed by atoms with Gasteiger partial charge in [0.15, 0.2) is 0 Å². The molecule has 1 aliphatic carbocycles. The summed E-state index contributed by atoms with van der Waals surface area (Å²) in [5.41, 5.74) is 2.70. The molecule has 4 heterocycles. The van der Waals surface area contributed by atoms with Gasteiger partial charge < -0.3 is 9.80 Å². The average molecular weight is 518 g/mol. The fourth-order valence-corrected chi connectivity index (χ4v) is 7.66. The molecule has 6 rings (SSSR count). The second kappa shape index (κ2) is 11.1. The lowest BCUT2D eigenvalue weighted by Gasteiger charge is -2.36. The highest BCUT2D eigenvalue weighted by Crippen LogP contribution is 2.39. The van der Waals surface area contributed by atoms with Crippen molar-refractivity contribution in [3.05, 3.63) is 52.2 Å². The van der Waals surface area contributed by atoms with Crippen LogP contribution in [0.15, 0.2) is 30.3 Å². The predicted octanol–water partition coefficient (Wildman–Crippen LogP) is 5.28. The second-order valence-corrected chi connectivity index (χ2v) is 12.1. The molecule has 3 aromatic rings. The van der Waals surface area contributed by atoms with Gasteiger partial charge in [0.25, 0.3) is 0 Å². The number of amides is 1. The van der Waals surface area contributed by atoms with Gasteiger partial charge in [-0.25, -0.2) is 9.97 Å². The minimum Gasteiger partial charge on any atom is -0.352 e. The number of anilines is 1. The standard InChI is InChI=1S/C30H39N5OS/c1-2-33-15-14-24-25(21-33)37-30-28(24)29(31-26(32-30)20-23-10-4-3-5-11-23)35-18-16-34(17-19-35)27(36)13-12-22-8-6-7-9-22/h3-5,10-11,22H,2,6-9,12-21H2,1H3. The molecule has 1 aromatic carbocycles. The maximum atomic E-state index is 13.0. The summed E-state index contributed by atoms with van der Waals surface area (Å²) in [7, 11) is 0. The molecule has 7 heteroatoms. The number of hydrogen-bond acceptors (Lipinski definition) is 6. The van der Waals surface area contributed by atoms with Crippen molar-refractivity contribution in [2.24, 2.45) is 5.92 Å². The van der Waals surface area contributed by atoms with E-state index in [0.29, 0.717) is 5.91 Å². The Balaban J connectivity index is 1.24. The van der Waals surface area contributed by atoms with Gasteiger partial charge in [-0.3, -0.25) is 9.69 Å². The summed E-state index contributed by atoms with van der Waals surface area (Å²) in [6.07, 6.45) is 8.93. The molecule has 196 valence electrons. The van der Waals surface area contributed by atoms with Crippen molar-refractivity contribution in [3.63, 3.8) is 0 Å². The molecule has 2 aliphatic heterocycles. The lowest BCUT2D eigenvalue weighted by atomic mass is 10.0. The number of hydrogen-bond donors (Lipinski definition) is 0. The number of nitrogens with zero attached hydrogens (tertiary/aromatic N) is 5. The topological polar surface area (TPSA) is 52.6 Å². The number of aromatic nitrogens is 2. The summed E-state index contributed by atoms with van der Waals surface area (Å²) in [5.74, 6) is 3.11. The van der Waals surface area contributed by atoms with E-state index in [4.69, 9.17) is 9.97 Å². The van der Waals surface area contributed by atoms with Gasteiger partial charge >= 0.3 is 0 Å². The van der Waals surface area contributed by atoms with Gasteiger partial charge in [-0.05, 0) is 36.4 Å². The van der Waals surface area contributed by atoms with Crippen molar-refractivity contribution in [3.8, 4) is 0 Å². The summed E-state index contributed by atoms with van der Waals surface area (Å²) in [6.45, 7) is 8.72. The molecular weight excluding hydrogens is 478 g/mol. The van der Waals surface area contributed by atoms with Crippen LogP contribution in [0, 0.1) is 5.92 Å². The van der Waals surface area contributed by atoms with E-state index in [0.717, 1.165) is 93.9 Å². The van der Waals surface area contributed by atoms with Gasteiger partial charge in [0, 0.05) is 57.0 Å². The molecule has 2 fully saturated rings. The van der Waals surface area contributed by atoms with Gasteiger partial charge in [-0.2, -0.15) is 0 Å². The van der Waals surface area contributed by atoms with Crippen molar-refractivity contribution in [1.29, 1.82) is 0 Å². The molecule has 2 aromatic heterocycles. The van der Waals surface area contributed by atoms with Crippen LogP contribution in [-0.4, -0.2) is 64.9 Å². The molecule has 0 atom stereocenters. The first-order chi connectivity index (χ1) is 18.2. The van der Waals surface area contributed by atoms with Gasteiger partial charge in [0.2, 0.25) is 5.91 Å². The lowest BCUT2D eigenvalue weighted by molar-refractivity contribution is -0.131. The SMILES string of the molecule is CCN1CCc2c(sc3nc(Cc4ccccc4)nc(N4CCN(C(=O)CCC5CCCC5)CC4)c23)C1. The van der Waals surface area contributed by atoms with Crippen LogP contribution in [0.3, 0.4) is 0 Å². The first-order valence-electron chi connectivity index (χ1n) is 14.3. The van der Waals surface area contributed by atoms with E-state index in [1.54, 1.807) is 0 Å². The quantitative estimate of drug-likeness (QED) is 0.427. The number of carbonyl (C=O) groups excluding carboxylic acids is 1. The Morgan fingerprint density at radius 2 is 1.81 bits per heavy atom. The molecule has 0 bridgehead atoms. The number of thiophene rings is 1. The van der Waals surface area contributed by atoms with E-state index in [-0.39, 0.29) is 0 Å². The maximum absolute atomic E-state index is 13.0. The number of carbonyl (C=O) groups is 1. The average Bonchev–Trinajstić information content (AvgIpc) is 3.59. The highest BCUT2D eigenvalue weighted by atomic mass is 32.1. The van der Waals surface area contributed by atoms with E-state index < -0.39 is 0 Å². The van der Waals surface area contributed by atoms with Crippen molar-refractivity contribution in [2.75, 3.05) is 44.2 Å². The maximum Gasteiger partial charge on any atom is 0.222 e. The minimum absolute atomic E-state index is 0.344. The fourth-order valence-electron chi connectivity index (χ4n) is 6.38. The van der Waals surface area contributed by atoms with Crippen LogP contribution in [0.5, 0.6) is 0 Å². The summed E-state index contributed by atoms with van der Waals surface area (Å²) in [6, 6.07) is 10.5. The molecule has 1 saturated carbocycles. The number of fused-ring (bicyclic) bond motifs is 3. The molecule has 0 spiro atoms. The molecule has 1 amide bonds. The van der Waals surface area contributed by atoms with Crippen molar-refractivity contribution >= 4 is 33.3 Å². The lowest BCUT2D eigenvalue weighted by Crippen LogP contribution is -2.49. The predicted molar refractivity (Wildman–Crippen MR) is 151 cm³/mol. The van der Waals surface area contributed by atoms with Crippen LogP contribution in [0.2, 0.25) is 0 Å². The summed E-state index contributed by atoms with van der Waals surface area (Å²) < 4.78 is 0. The van der Waals surface area contributed by atoms with E-state index >= 15 is 0 Å². The third-order valence-corrected chi connectivity index (χ3v) is 9.74. The first kappa shape index (κ1) is 24.8. The first-order valence-corrected chi connectivity index (χ1v) is 15.1. The molecule has 0 radical (unpaired) electrons. The summed E-state index contributed by atoms with van der Waals surface area (Å²) >= 11 is 1.86. The van der Waals surface area contributed by atoms with Gasteiger partial charge in [-0.15, -0.1) is 11.3 Å². The van der Waals surface area contributed by atoms with Gasteiger partial charge in [-0.1, -0.05) is 62.9 Å². The third kappa shape index (κ3) is 5.39. The highest BCUT2D eigenvalue weighted by Gasteiger charge is 2.29. The second-order valence-electron chi connectivity index (χ2n) is 11.0. The third-order valence-electron chi connectivity index (χ3n) is 8.63. The van der Waals surface area contributed by atoms with Crippen molar-refractivity contribution < 1.29 is 4.79 Å². The molecular formula is C30H39N5OS. The van der Waals surface area contributed by atoms with Crippen molar-refractivity contribution in [2.45, 2.75) is 64.8 Å². The van der Waals surface area contributed by atoms with Crippen LogP contribution in [-0.2, 0) is 24.2 Å². The Morgan fingerprint density at radius 3 is 2.57 bits per heavy atom. The van der Waals surface area contributed by atoms with E-state index in [1.165, 1.54) is 47.1 Å². The fraction of sp³-hybridized carbons (Fsp3) is 0.567.